The molecule has 0 fully saturated rings. The summed E-state index contributed by atoms with van der Waals surface area (Å²) in [7, 11) is 0. The van der Waals surface area contributed by atoms with Crippen molar-refractivity contribution < 1.29 is 9.53 Å². The molecule has 102 valence electrons. The number of ether oxygens (including phenoxy) is 1. The zero-order chi connectivity index (χ0) is 13.9. The lowest BCUT2D eigenvalue weighted by atomic mass is 9.97. The van der Waals surface area contributed by atoms with Crippen LogP contribution in [-0.4, -0.2) is 12.4 Å². The molecular weight excluding hydrogens is 250 g/mol. The molecule has 1 aliphatic rings. The van der Waals surface area contributed by atoms with Crippen LogP contribution in [0.4, 0.5) is 5.69 Å². The van der Waals surface area contributed by atoms with Gasteiger partial charge in [0.1, 0.15) is 5.75 Å². The first-order chi connectivity index (χ1) is 9.74. The van der Waals surface area contributed by atoms with Crippen LogP contribution >= 0.6 is 0 Å². The maximum atomic E-state index is 12.5. The summed E-state index contributed by atoms with van der Waals surface area (Å²) in [6.07, 6.45) is 2.38. The number of nitrogens with two attached hydrogens (primary N) is 1. The molecule has 0 amide bonds. The van der Waals surface area contributed by atoms with Crippen LogP contribution < -0.4 is 10.5 Å². The molecule has 3 nitrogen and oxygen atoms in total. The molecule has 1 heterocycles. The molecule has 1 aliphatic heterocycles. The highest BCUT2D eigenvalue weighted by Gasteiger charge is 2.19. The Morgan fingerprint density at radius 3 is 2.75 bits per heavy atom. The smallest absolute Gasteiger partial charge is 0.170 e. The Hall–Kier alpha value is -2.29. The molecule has 0 unspecified atom stereocenters. The topological polar surface area (TPSA) is 52.3 Å². The van der Waals surface area contributed by atoms with Crippen LogP contribution in [0.5, 0.6) is 5.75 Å². The van der Waals surface area contributed by atoms with Crippen LogP contribution in [0.2, 0.25) is 0 Å². The molecule has 0 radical (unpaired) electrons. The molecule has 3 heteroatoms. The highest BCUT2D eigenvalue weighted by molar-refractivity contribution is 6.00. The molecule has 0 atom stereocenters. The van der Waals surface area contributed by atoms with Crippen molar-refractivity contribution >= 4 is 11.5 Å². The van der Waals surface area contributed by atoms with E-state index in [4.69, 9.17) is 10.5 Å². The standard InChI is InChI=1S/C17H17NO2/c18-14-8-6-12(7-9-14)11-16(19)15-5-1-3-13-4-2-10-20-17(13)15/h1,3,5-9H,2,4,10-11,18H2. The van der Waals surface area contributed by atoms with Crippen LogP contribution in [-0.2, 0) is 12.8 Å². The molecule has 0 aliphatic carbocycles. The van der Waals surface area contributed by atoms with Gasteiger partial charge in [0, 0.05) is 12.1 Å². The largest absolute Gasteiger partial charge is 0.493 e. The predicted molar refractivity (Wildman–Crippen MR) is 79.1 cm³/mol. The van der Waals surface area contributed by atoms with Gasteiger partial charge in [0.25, 0.3) is 0 Å². The number of hydrogen-bond acceptors (Lipinski definition) is 3. The quantitative estimate of drug-likeness (QED) is 0.687. The van der Waals surface area contributed by atoms with Crippen LogP contribution in [0.1, 0.15) is 27.9 Å². The van der Waals surface area contributed by atoms with Gasteiger partial charge >= 0.3 is 0 Å². The second kappa shape index (κ2) is 5.37. The van der Waals surface area contributed by atoms with E-state index in [2.05, 4.69) is 0 Å². The Morgan fingerprint density at radius 1 is 1.15 bits per heavy atom. The monoisotopic (exact) mass is 267 g/mol. The second-order valence-corrected chi connectivity index (χ2v) is 5.09. The highest BCUT2D eigenvalue weighted by atomic mass is 16.5. The average Bonchev–Trinajstić information content (AvgIpc) is 2.49. The Bertz CT molecular complexity index is 632. The molecule has 0 saturated heterocycles. The Balaban J connectivity index is 1.85. The van der Waals surface area contributed by atoms with Crippen molar-refractivity contribution in [1.82, 2.24) is 0 Å². The maximum Gasteiger partial charge on any atom is 0.170 e. The number of benzene rings is 2. The number of Topliss-reactive ketones (excluding diaryl/α,β-unsaturated/α-hetero) is 1. The fourth-order valence-corrected chi connectivity index (χ4v) is 2.52. The second-order valence-electron chi connectivity index (χ2n) is 5.09. The summed E-state index contributed by atoms with van der Waals surface area (Å²) in [5, 5.41) is 0. The summed E-state index contributed by atoms with van der Waals surface area (Å²) >= 11 is 0. The lowest BCUT2D eigenvalue weighted by Crippen LogP contribution is -2.14. The number of carbonyl (C=O) groups excluding carboxylic acids is 1. The molecule has 0 saturated carbocycles. The average molecular weight is 267 g/mol. The zero-order valence-corrected chi connectivity index (χ0v) is 11.3. The van der Waals surface area contributed by atoms with Crippen LogP contribution in [0.25, 0.3) is 0 Å². The number of hydrogen-bond donors (Lipinski definition) is 1. The van der Waals surface area contributed by atoms with Crippen molar-refractivity contribution in [3.8, 4) is 5.75 Å². The third-order valence-corrected chi connectivity index (χ3v) is 3.58. The van der Waals surface area contributed by atoms with Gasteiger partial charge in [-0.15, -0.1) is 0 Å². The van der Waals surface area contributed by atoms with Gasteiger partial charge in [0.2, 0.25) is 0 Å². The first-order valence-electron chi connectivity index (χ1n) is 6.86. The van der Waals surface area contributed by atoms with Crippen molar-refractivity contribution in [3.05, 3.63) is 59.2 Å². The van der Waals surface area contributed by atoms with Crippen LogP contribution in [0.3, 0.4) is 0 Å². The molecular formula is C17H17NO2. The van der Waals surface area contributed by atoms with Gasteiger partial charge in [-0.05, 0) is 42.2 Å². The van der Waals surface area contributed by atoms with E-state index in [0.717, 1.165) is 29.7 Å². The van der Waals surface area contributed by atoms with Gasteiger partial charge in [-0.3, -0.25) is 4.79 Å². The normalized spacial score (nSPS) is 13.4. The third-order valence-electron chi connectivity index (χ3n) is 3.58. The maximum absolute atomic E-state index is 12.5. The van der Waals surface area contributed by atoms with Gasteiger partial charge in [0.05, 0.1) is 12.2 Å². The summed E-state index contributed by atoms with van der Waals surface area (Å²) in [6, 6.07) is 13.2. The summed E-state index contributed by atoms with van der Waals surface area (Å²) in [6.45, 7) is 0.694. The van der Waals surface area contributed by atoms with Gasteiger partial charge in [-0.1, -0.05) is 24.3 Å². The lowest BCUT2D eigenvalue weighted by molar-refractivity contribution is 0.0988. The molecule has 0 aromatic heterocycles. The van der Waals surface area contributed by atoms with E-state index in [1.54, 1.807) is 0 Å². The van der Waals surface area contributed by atoms with Crippen LogP contribution in [0.15, 0.2) is 42.5 Å². The van der Waals surface area contributed by atoms with Crippen molar-refractivity contribution in [2.75, 3.05) is 12.3 Å². The van der Waals surface area contributed by atoms with E-state index in [-0.39, 0.29) is 5.78 Å². The Morgan fingerprint density at radius 2 is 1.95 bits per heavy atom. The fourth-order valence-electron chi connectivity index (χ4n) is 2.52. The van der Waals surface area contributed by atoms with E-state index < -0.39 is 0 Å². The summed E-state index contributed by atoms with van der Waals surface area (Å²) < 4.78 is 5.69. The van der Waals surface area contributed by atoms with Crippen molar-refractivity contribution in [1.29, 1.82) is 0 Å². The van der Waals surface area contributed by atoms with Crippen molar-refractivity contribution in [3.63, 3.8) is 0 Å². The summed E-state index contributed by atoms with van der Waals surface area (Å²) in [5.41, 5.74) is 9.17. The molecule has 3 rings (SSSR count). The van der Waals surface area contributed by atoms with E-state index in [1.807, 2.05) is 42.5 Å². The first kappa shape index (κ1) is 12.7. The minimum Gasteiger partial charge on any atom is -0.493 e. The molecule has 2 aromatic rings. The zero-order valence-electron chi connectivity index (χ0n) is 11.3. The number of rotatable bonds is 3. The van der Waals surface area contributed by atoms with Crippen molar-refractivity contribution in [2.45, 2.75) is 19.3 Å². The number of para-hydroxylation sites is 1. The minimum atomic E-state index is 0.0912. The summed E-state index contributed by atoms with van der Waals surface area (Å²) in [5.74, 6) is 0.868. The molecule has 0 spiro atoms. The fraction of sp³-hybridized carbons (Fsp3) is 0.235. The number of fused-ring (bicyclic) bond motifs is 1. The first-order valence-corrected chi connectivity index (χ1v) is 6.86. The minimum absolute atomic E-state index is 0.0912. The van der Waals surface area contributed by atoms with Crippen LogP contribution in [0, 0.1) is 0 Å². The van der Waals surface area contributed by atoms with E-state index in [1.165, 1.54) is 0 Å². The molecule has 0 bridgehead atoms. The SMILES string of the molecule is Nc1ccc(CC(=O)c2cccc3c2OCCC3)cc1. The predicted octanol–water partition coefficient (Wildman–Crippen LogP) is 3.02. The number of ketones is 1. The molecule has 20 heavy (non-hydrogen) atoms. The lowest BCUT2D eigenvalue weighted by Gasteiger charge is -2.19. The Labute approximate surface area is 118 Å². The Kier molecular flexibility index (Phi) is 3.42. The van der Waals surface area contributed by atoms with E-state index >= 15 is 0 Å². The van der Waals surface area contributed by atoms with Gasteiger partial charge in [-0.25, -0.2) is 0 Å². The van der Waals surface area contributed by atoms with Crippen molar-refractivity contribution in [2.24, 2.45) is 0 Å². The van der Waals surface area contributed by atoms with E-state index in [9.17, 15) is 4.79 Å². The van der Waals surface area contributed by atoms with Gasteiger partial charge < -0.3 is 10.5 Å². The van der Waals surface area contributed by atoms with Gasteiger partial charge in [-0.2, -0.15) is 0 Å². The van der Waals surface area contributed by atoms with Gasteiger partial charge in [0.15, 0.2) is 5.78 Å². The summed E-state index contributed by atoms with van der Waals surface area (Å²) in [4.78, 5) is 12.5. The number of anilines is 1. The number of carbonyl (C=O) groups is 1. The van der Waals surface area contributed by atoms with E-state index in [0.29, 0.717) is 24.3 Å². The molecule has 2 N–H and O–H groups in total. The molecule has 2 aromatic carbocycles. The number of aryl methyl sites for hydroxylation is 1. The highest BCUT2D eigenvalue weighted by Crippen LogP contribution is 2.29. The third kappa shape index (κ3) is 2.52. The number of nitrogen functional groups attached to an aromatic ring is 1.